The Kier molecular flexibility index (Phi) is 5.46. The van der Waals surface area contributed by atoms with Crippen molar-refractivity contribution in [2.24, 2.45) is 5.92 Å². The van der Waals surface area contributed by atoms with E-state index in [2.05, 4.69) is 30.3 Å². The molecule has 0 spiro atoms. The van der Waals surface area contributed by atoms with Crippen molar-refractivity contribution in [2.75, 3.05) is 0 Å². The number of hydrogen-bond acceptors (Lipinski definition) is 3. The molecule has 25 heavy (non-hydrogen) atoms. The maximum Gasteiger partial charge on any atom is 0.244 e. The van der Waals surface area contributed by atoms with Crippen LogP contribution in [0.1, 0.15) is 30.3 Å². The van der Waals surface area contributed by atoms with Crippen molar-refractivity contribution < 1.29 is 4.79 Å². The summed E-state index contributed by atoms with van der Waals surface area (Å²) in [6.07, 6.45) is 7.00. The molecule has 5 heteroatoms. The summed E-state index contributed by atoms with van der Waals surface area (Å²) >= 11 is 1.66. The van der Waals surface area contributed by atoms with Crippen LogP contribution in [0, 0.1) is 5.92 Å². The summed E-state index contributed by atoms with van der Waals surface area (Å²) in [6, 6.07) is 14.0. The highest BCUT2D eigenvalue weighted by Gasteiger charge is 2.18. The first-order chi connectivity index (χ1) is 12.1. The monoisotopic (exact) mass is 351 g/mol. The lowest BCUT2D eigenvalue weighted by molar-refractivity contribution is -0.117. The summed E-state index contributed by atoms with van der Waals surface area (Å²) < 4.78 is 1.79. The van der Waals surface area contributed by atoms with Gasteiger partial charge in [0.1, 0.15) is 0 Å². The first-order valence-corrected chi connectivity index (χ1v) is 9.13. The summed E-state index contributed by atoms with van der Waals surface area (Å²) in [5.41, 5.74) is 1.88. The Balaban J connectivity index is 1.65. The van der Waals surface area contributed by atoms with Crippen LogP contribution in [0.4, 0.5) is 0 Å². The molecule has 0 saturated heterocycles. The number of carbonyl (C=O) groups excluding carboxylic acids is 1. The molecule has 2 heterocycles. The van der Waals surface area contributed by atoms with E-state index >= 15 is 0 Å². The van der Waals surface area contributed by atoms with Gasteiger partial charge >= 0.3 is 0 Å². The van der Waals surface area contributed by atoms with Gasteiger partial charge in [-0.15, -0.1) is 11.3 Å². The van der Waals surface area contributed by atoms with Crippen molar-refractivity contribution in [1.82, 2.24) is 15.1 Å². The van der Waals surface area contributed by atoms with Crippen molar-refractivity contribution in [3.05, 3.63) is 76.8 Å². The molecule has 0 bridgehead atoms. The van der Waals surface area contributed by atoms with Gasteiger partial charge < -0.3 is 5.32 Å². The Morgan fingerprint density at radius 1 is 1.20 bits per heavy atom. The number of rotatable bonds is 6. The van der Waals surface area contributed by atoms with Gasteiger partial charge in [0, 0.05) is 22.7 Å². The van der Waals surface area contributed by atoms with E-state index in [4.69, 9.17) is 0 Å². The Hall–Kier alpha value is -2.66. The molecule has 0 aliphatic carbocycles. The number of para-hydroxylation sites is 1. The molecule has 2 aromatic heterocycles. The van der Waals surface area contributed by atoms with E-state index in [-0.39, 0.29) is 11.9 Å². The van der Waals surface area contributed by atoms with E-state index in [0.29, 0.717) is 5.92 Å². The average Bonchev–Trinajstić information content (AvgIpc) is 3.30. The number of benzene rings is 1. The maximum atomic E-state index is 12.3. The van der Waals surface area contributed by atoms with Crippen LogP contribution in [-0.2, 0) is 4.79 Å². The maximum absolute atomic E-state index is 12.3. The van der Waals surface area contributed by atoms with Crippen LogP contribution in [0.15, 0.2) is 66.3 Å². The summed E-state index contributed by atoms with van der Waals surface area (Å²) in [5, 5.41) is 9.45. The standard InChI is InChI=1S/C20H21N3OS/c1-15(2)20(18-9-6-12-25-18)22-19(24)11-10-16-13-21-23(14-16)17-7-4-3-5-8-17/h3-15,20H,1-2H3,(H,22,24)/b11-10+/t20-/m1/s1. The van der Waals surface area contributed by atoms with Gasteiger partial charge in [-0.05, 0) is 35.6 Å². The Morgan fingerprint density at radius 2 is 2.00 bits per heavy atom. The van der Waals surface area contributed by atoms with Crippen LogP contribution in [0.5, 0.6) is 0 Å². The second-order valence-corrected chi connectivity index (χ2v) is 7.11. The molecule has 1 aromatic carbocycles. The number of nitrogens with one attached hydrogen (secondary N) is 1. The summed E-state index contributed by atoms with van der Waals surface area (Å²) in [6.45, 7) is 4.22. The van der Waals surface area contributed by atoms with E-state index in [1.165, 1.54) is 4.88 Å². The molecule has 128 valence electrons. The second kappa shape index (κ2) is 7.94. The number of carbonyl (C=O) groups is 1. The average molecular weight is 351 g/mol. The molecule has 0 fully saturated rings. The zero-order valence-corrected chi connectivity index (χ0v) is 15.1. The fraction of sp³-hybridized carbons (Fsp3) is 0.200. The smallest absolute Gasteiger partial charge is 0.244 e. The minimum absolute atomic E-state index is 0.0317. The van der Waals surface area contributed by atoms with Crippen LogP contribution in [-0.4, -0.2) is 15.7 Å². The van der Waals surface area contributed by atoms with Gasteiger partial charge in [0.2, 0.25) is 5.91 Å². The molecule has 0 radical (unpaired) electrons. The molecule has 3 rings (SSSR count). The van der Waals surface area contributed by atoms with E-state index in [9.17, 15) is 4.79 Å². The molecule has 0 unspecified atom stereocenters. The minimum Gasteiger partial charge on any atom is -0.345 e. The molecule has 3 aromatic rings. The molecule has 1 amide bonds. The predicted octanol–water partition coefficient (Wildman–Crippen LogP) is 4.46. The van der Waals surface area contributed by atoms with E-state index in [0.717, 1.165) is 11.3 Å². The molecule has 1 N–H and O–H groups in total. The van der Waals surface area contributed by atoms with E-state index in [1.807, 2.05) is 48.0 Å². The van der Waals surface area contributed by atoms with Crippen LogP contribution >= 0.6 is 11.3 Å². The lowest BCUT2D eigenvalue weighted by atomic mass is 10.0. The Labute approximate surface area is 151 Å². The number of hydrogen-bond donors (Lipinski definition) is 1. The normalized spacial score (nSPS) is 12.6. The summed E-state index contributed by atoms with van der Waals surface area (Å²) in [5.74, 6) is 0.233. The number of nitrogens with zero attached hydrogens (tertiary/aromatic N) is 2. The van der Waals surface area contributed by atoms with Gasteiger partial charge in [0.15, 0.2) is 0 Å². The van der Waals surface area contributed by atoms with Gasteiger partial charge in [0.25, 0.3) is 0 Å². The number of aromatic nitrogens is 2. The zero-order valence-electron chi connectivity index (χ0n) is 14.3. The quantitative estimate of drug-likeness (QED) is 0.667. The molecular weight excluding hydrogens is 330 g/mol. The topological polar surface area (TPSA) is 46.9 Å². The van der Waals surface area contributed by atoms with Gasteiger partial charge in [-0.2, -0.15) is 5.10 Å². The van der Waals surface area contributed by atoms with E-state index in [1.54, 1.807) is 34.4 Å². The highest BCUT2D eigenvalue weighted by molar-refractivity contribution is 7.10. The van der Waals surface area contributed by atoms with Gasteiger partial charge in [-0.25, -0.2) is 4.68 Å². The lowest BCUT2D eigenvalue weighted by Crippen LogP contribution is -2.29. The Bertz CT molecular complexity index is 835. The SMILES string of the molecule is CC(C)[C@@H](NC(=O)/C=C/c1cnn(-c2ccccc2)c1)c1cccs1. The highest BCUT2D eigenvalue weighted by Crippen LogP contribution is 2.25. The second-order valence-electron chi connectivity index (χ2n) is 6.13. The first kappa shape index (κ1) is 17.2. The third kappa shape index (κ3) is 4.45. The van der Waals surface area contributed by atoms with Crippen molar-refractivity contribution in [3.63, 3.8) is 0 Å². The molecule has 4 nitrogen and oxygen atoms in total. The predicted molar refractivity (Wildman–Crippen MR) is 103 cm³/mol. The summed E-state index contributed by atoms with van der Waals surface area (Å²) in [7, 11) is 0. The zero-order chi connectivity index (χ0) is 17.6. The lowest BCUT2D eigenvalue weighted by Gasteiger charge is -2.20. The minimum atomic E-state index is -0.0976. The van der Waals surface area contributed by atoms with Crippen molar-refractivity contribution in [1.29, 1.82) is 0 Å². The van der Waals surface area contributed by atoms with Crippen molar-refractivity contribution in [2.45, 2.75) is 19.9 Å². The highest BCUT2D eigenvalue weighted by atomic mass is 32.1. The molecular formula is C20H21N3OS. The van der Waals surface area contributed by atoms with Gasteiger partial charge in [0.05, 0.1) is 17.9 Å². The van der Waals surface area contributed by atoms with Crippen molar-refractivity contribution >= 4 is 23.3 Å². The van der Waals surface area contributed by atoms with Crippen LogP contribution in [0.3, 0.4) is 0 Å². The van der Waals surface area contributed by atoms with Crippen molar-refractivity contribution in [3.8, 4) is 5.69 Å². The van der Waals surface area contributed by atoms with E-state index < -0.39 is 0 Å². The third-order valence-corrected chi connectivity index (χ3v) is 4.82. The van der Waals surface area contributed by atoms with Crippen LogP contribution in [0.2, 0.25) is 0 Å². The number of thiophene rings is 1. The van der Waals surface area contributed by atoms with Crippen LogP contribution < -0.4 is 5.32 Å². The van der Waals surface area contributed by atoms with Gasteiger partial charge in [-0.3, -0.25) is 4.79 Å². The molecule has 0 aliphatic rings. The third-order valence-electron chi connectivity index (χ3n) is 3.86. The fourth-order valence-corrected chi connectivity index (χ4v) is 3.50. The Morgan fingerprint density at radius 3 is 2.68 bits per heavy atom. The molecule has 0 saturated carbocycles. The van der Waals surface area contributed by atoms with Crippen LogP contribution in [0.25, 0.3) is 11.8 Å². The number of amides is 1. The first-order valence-electron chi connectivity index (χ1n) is 8.25. The van der Waals surface area contributed by atoms with Gasteiger partial charge in [-0.1, -0.05) is 38.1 Å². The summed E-state index contributed by atoms with van der Waals surface area (Å²) in [4.78, 5) is 13.5. The fourth-order valence-electron chi connectivity index (χ4n) is 2.55. The molecule has 1 atom stereocenters. The largest absolute Gasteiger partial charge is 0.345 e. The molecule has 0 aliphatic heterocycles.